The molecule has 154 valence electrons. The minimum absolute atomic E-state index is 0.0126. The maximum absolute atomic E-state index is 12.3. The van der Waals surface area contributed by atoms with E-state index in [2.05, 4.69) is 32.8 Å². The first-order chi connectivity index (χ1) is 14.2. The Morgan fingerprint density at radius 1 is 1.34 bits per heavy atom. The molecule has 3 aromatic rings. The van der Waals surface area contributed by atoms with Crippen LogP contribution in [0.4, 0.5) is 0 Å². The highest BCUT2D eigenvalue weighted by molar-refractivity contribution is 5.83. The molecule has 0 saturated carbocycles. The van der Waals surface area contributed by atoms with Crippen LogP contribution in [0.3, 0.4) is 0 Å². The van der Waals surface area contributed by atoms with Crippen LogP contribution in [0.25, 0.3) is 10.9 Å². The number of hydrogen-bond donors (Lipinski definition) is 4. The number of piperidine rings is 1. The summed E-state index contributed by atoms with van der Waals surface area (Å²) < 4.78 is 1.85. The van der Waals surface area contributed by atoms with Crippen LogP contribution < -0.4 is 10.6 Å². The van der Waals surface area contributed by atoms with Crippen molar-refractivity contribution in [2.45, 2.75) is 31.7 Å². The predicted octanol–water partition coefficient (Wildman–Crippen LogP) is 1.89. The lowest BCUT2D eigenvalue weighted by molar-refractivity contribution is -0.123. The minimum atomic E-state index is -0.250. The van der Waals surface area contributed by atoms with Crippen LogP contribution in [-0.2, 0) is 22.6 Å². The van der Waals surface area contributed by atoms with Crippen molar-refractivity contribution in [2.75, 3.05) is 19.6 Å². The fourth-order valence-corrected chi connectivity index (χ4v) is 3.79. The molecule has 0 bridgehead atoms. The van der Waals surface area contributed by atoms with E-state index in [0.717, 1.165) is 37.1 Å². The van der Waals surface area contributed by atoms with Gasteiger partial charge in [-0.2, -0.15) is 5.10 Å². The van der Waals surface area contributed by atoms with Gasteiger partial charge in [0.05, 0.1) is 0 Å². The second-order valence-electron chi connectivity index (χ2n) is 7.02. The molecule has 4 N–H and O–H groups in total. The van der Waals surface area contributed by atoms with E-state index >= 15 is 0 Å². The van der Waals surface area contributed by atoms with Gasteiger partial charge in [0.2, 0.25) is 5.91 Å². The Balaban J connectivity index is 0.000000755. The van der Waals surface area contributed by atoms with E-state index in [9.17, 15) is 4.79 Å². The fourth-order valence-electron chi connectivity index (χ4n) is 3.79. The Morgan fingerprint density at radius 2 is 2.17 bits per heavy atom. The zero-order valence-corrected chi connectivity index (χ0v) is 16.3. The highest BCUT2D eigenvalue weighted by Gasteiger charge is 2.19. The first-order valence-electron chi connectivity index (χ1n) is 9.85. The summed E-state index contributed by atoms with van der Waals surface area (Å²) in [5.41, 5.74) is 3.52. The molecule has 8 nitrogen and oxygen atoms in total. The summed E-state index contributed by atoms with van der Waals surface area (Å²) in [5, 5.41) is 18.9. The molecule has 1 saturated heterocycles. The third-order valence-electron chi connectivity index (χ3n) is 5.15. The van der Waals surface area contributed by atoms with Crippen molar-refractivity contribution in [1.82, 2.24) is 25.4 Å². The molecule has 29 heavy (non-hydrogen) atoms. The molecule has 2 aromatic heterocycles. The van der Waals surface area contributed by atoms with Crippen molar-refractivity contribution < 1.29 is 14.7 Å². The van der Waals surface area contributed by atoms with Gasteiger partial charge in [0.15, 0.2) is 0 Å². The van der Waals surface area contributed by atoms with Crippen molar-refractivity contribution in [1.29, 1.82) is 0 Å². The van der Waals surface area contributed by atoms with Crippen LogP contribution in [0, 0.1) is 0 Å². The van der Waals surface area contributed by atoms with Gasteiger partial charge in [-0.15, -0.1) is 0 Å². The number of carbonyl (C=O) groups excluding carboxylic acids is 1. The highest BCUT2D eigenvalue weighted by atomic mass is 16.3. The summed E-state index contributed by atoms with van der Waals surface area (Å²) in [6, 6.07) is 10.3. The number of benzene rings is 1. The van der Waals surface area contributed by atoms with Gasteiger partial charge in [-0.3, -0.25) is 14.3 Å². The number of carbonyl (C=O) groups is 2. The number of nitrogens with zero attached hydrogens (tertiary/aromatic N) is 2. The monoisotopic (exact) mass is 397 g/mol. The van der Waals surface area contributed by atoms with Crippen LogP contribution >= 0.6 is 0 Å². The molecule has 1 aliphatic heterocycles. The number of fused-ring (bicyclic) bond motifs is 1. The molecule has 4 rings (SSSR count). The standard InChI is InChI=1S/C20H25N5O.CH2O2/c26-20(14-25-19(8-11-24-25)16-4-3-9-21-12-16)22-10-7-15-13-23-18-6-2-1-5-17(15)18;2-1-3/h1-2,5-6,8,11,13,16,21,23H,3-4,7,9-10,12,14H2,(H,22,26);1H,(H,2,3). The van der Waals surface area contributed by atoms with Gasteiger partial charge < -0.3 is 20.7 Å². The normalized spacial score (nSPS) is 16.1. The van der Waals surface area contributed by atoms with Crippen LogP contribution in [0.15, 0.2) is 42.7 Å². The van der Waals surface area contributed by atoms with Gasteiger partial charge in [-0.05, 0) is 43.5 Å². The van der Waals surface area contributed by atoms with Crippen molar-refractivity contribution in [3.8, 4) is 0 Å². The van der Waals surface area contributed by atoms with Crippen LogP contribution in [0.1, 0.15) is 30.0 Å². The lowest BCUT2D eigenvalue weighted by Gasteiger charge is -2.23. The Kier molecular flexibility index (Phi) is 7.40. The van der Waals surface area contributed by atoms with E-state index < -0.39 is 0 Å². The Morgan fingerprint density at radius 3 is 2.97 bits per heavy atom. The number of carboxylic acid groups (broad SMARTS) is 1. The van der Waals surface area contributed by atoms with Gasteiger partial charge in [0.1, 0.15) is 6.54 Å². The van der Waals surface area contributed by atoms with Gasteiger partial charge in [0.25, 0.3) is 6.47 Å². The Bertz CT molecular complexity index is 927. The molecule has 1 aliphatic rings. The number of amides is 1. The molecule has 0 aliphatic carbocycles. The van der Waals surface area contributed by atoms with Gasteiger partial charge >= 0.3 is 0 Å². The number of nitrogens with one attached hydrogen (secondary N) is 3. The highest BCUT2D eigenvalue weighted by Crippen LogP contribution is 2.22. The summed E-state index contributed by atoms with van der Waals surface area (Å²) in [5.74, 6) is 0.462. The van der Waals surface area contributed by atoms with Gasteiger partial charge in [-0.1, -0.05) is 18.2 Å². The summed E-state index contributed by atoms with van der Waals surface area (Å²) in [7, 11) is 0. The van der Waals surface area contributed by atoms with Crippen molar-refractivity contribution in [3.05, 3.63) is 54.0 Å². The number of rotatable bonds is 6. The molecule has 0 spiro atoms. The Labute approximate surface area is 169 Å². The van der Waals surface area contributed by atoms with Crippen LogP contribution in [0.2, 0.25) is 0 Å². The van der Waals surface area contributed by atoms with Crippen molar-refractivity contribution >= 4 is 23.3 Å². The largest absolute Gasteiger partial charge is 0.483 e. The molecule has 0 radical (unpaired) electrons. The van der Waals surface area contributed by atoms with Crippen molar-refractivity contribution in [3.63, 3.8) is 0 Å². The summed E-state index contributed by atoms with van der Waals surface area (Å²) in [6.07, 6.45) is 6.96. The number of hydrogen-bond acceptors (Lipinski definition) is 4. The third kappa shape index (κ3) is 5.45. The molecule has 1 aromatic carbocycles. The zero-order valence-electron chi connectivity index (χ0n) is 16.3. The molecule has 1 amide bonds. The fraction of sp³-hybridized carbons (Fsp3) is 0.381. The van der Waals surface area contributed by atoms with Crippen molar-refractivity contribution in [2.24, 2.45) is 0 Å². The molecule has 1 unspecified atom stereocenters. The smallest absolute Gasteiger partial charge is 0.290 e. The van der Waals surface area contributed by atoms with Gasteiger partial charge in [-0.25, -0.2) is 0 Å². The predicted molar refractivity (Wildman–Crippen MR) is 111 cm³/mol. The van der Waals surface area contributed by atoms with Crippen LogP contribution in [0.5, 0.6) is 0 Å². The molecule has 3 heterocycles. The average molecular weight is 397 g/mol. The second kappa shape index (κ2) is 10.4. The quantitative estimate of drug-likeness (QED) is 0.475. The molecular formula is C21H27N5O3. The first-order valence-corrected chi connectivity index (χ1v) is 9.85. The topological polar surface area (TPSA) is 112 Å². The number of aromatic nitrogens is 3. The SMILES string of the molecule is O=C(Cn1nccc1C1CCCNC1)NCCc1c[nH]c2ccccc12.O=CO. The molecule has 1 atom stereocenters. The average Bonchev–Trinajstić information content (AvgIpc) is 3.37. The first kappa shape index (κ1) is 20.6. The summed E-state index contributed by atoms with van der Waals surface area (Å²) >= 11 is 0. The second-order valence-corrected chi connectivity index (χ2v) is 7.02. The van der Waals surface area contributed by atoms with E-state index in [0.29, 0.717) is 12.5 Å². The Hall–Kier alpha value is -3.13. The third-order valence-corrected chi connectivity index (χ3v) is 5.15. The van der Waals surface area contributed by atoms with Crippen LogP contribution in [-0.4, -0.2) is 51.9 Å². The number of para-hydroxylation sites is 1. The molecule has 1 fully saturated rings. The van der Waals surface area contributed by atoms with Gasteiger partial charge in [0, 0.05) is 48.0 Å². The van der Waals surface area contributed by atoms with E-state index in [4.69, 9.17) is 9.90 Å². The summed E-state index contributed by atoms with van der Waals surface area (Å²) in [6.45, 7) is 2.71. The molecule has 8 heteroatoms. The lowest BCUT2D eigenvalue weighted by Crippen LogP contribution is -2.33. The van der Waals surface area contributed by atoms with E-state index in [1.807, 2.05) is 29.1 Å². The molecular weight excluding hydrogens is 370 g/mol. The minimum Gasteiger partial charge on any atom is -0.483 e. The summed E-state index contributed by atoms with van der Waals surface area (Å²) in [4.78, 5) is 24.0. The number of aromatic amines is 1. The van der Waals surface area contributed by atoms with E-state index in [1.54, 1.807) is 6.20 Å². The maximum Gasteiger partial charge on any atom is 0.290 e. The maximum atomic E-state index is 12.3. The van der Waals surface area contributed by atoms with E-state index in [-0.39, 0.29) is 18.9 Å². The zero-order chi connectivity index (χ0) is 20.5. The lowest BCUT2D eigenvalue weighted by atomic mass is 9.96. The van der Waals surface area contributed by atoms with E-state index in [1.165, 1.54) is 17.4 Å². The number of H-pyrrole nitrogens is 1.